The number of halogens is 2. The van der Waals surface area contributed by atoms with Gasteiger partial charge in [0.15, 0.2) is 0 Å². The molecule has 1 aromatic rings. The zero-order valence-corrected chi connectivity index (χ0v) is 14.1. The summed E-state index contributed by atoms with van der Waals surface area (Å²) in [4.78, 5) is 0. The fourth-order valence-electron chi connectivity index (χ4n) is 3.63. The smallest absolute Gasteiger partial charge is 0.127 e. The lowest BCUT2D eigenvalue weighted by Gasteiger charge is -2.38. The standard InChI is InChI=1S/C18H27ClFN/c1-4-21-18-8-6-13(12(2)3)9-15(18)10-14-5-7-16(19)11-17(14)20/h5,7,11-13,15,18,21H,4,6,8-10H2,1-3H3. The van der Waals surface area contributed by atoms with Gasteiger partial charge in [0.2, 0.25) is 0 Å². The molecule has 1 saturated carbocycles. The van der Waals surface area contributed by atoms with Crippen LogP contribution >= 0.6 is 11.6 Å². The van der Waals surface area contributed by atoms with Gasteiger partial charge < -0.3 is 5.32 Å². The van der Waals surface area contributed by atoms with Crippen LogP contribution in [-0.2, 0) is 6.42 Å². The van der Waals surface area contributed by atoms with E-state index in [1.807, 2.05) is 6.07 Å². The van der Waals surface area contributed by atoms with Gasteiger partial charge >= 0.3 is 0 Å². The van der Waals surface area contributed by atoms with Crippen LogP contribution in [0.3, 0.4) is 0 Å². The summed E-state index contributed by atoms with van der Waals surface area (Å²) in [5.74, 6) is 1.83. The van der Waals surface area contributed by atoms with Gasteiger partial charge in [0.25, 0.3) is 0 Å². The zero-order valence-electron chi connectivity index (χ0n) is 13.3. The Morgan fingerprint density at radius 3 is 2.71 bits per heavy atom. The topological polar surface area (TPSA) is 12.0 Å². The number of rotatable bonds is 5. The van der Waals surface area contributed by atoms with E-state index in [1.54, 1.807) is 6.07 Å². The fourth-order valence-corrected chi connectivity index (χ4v) is 3.79. The Balaban J connectivity index is 2.11. The van der Waals surface area contributed by atoms with Crippen molar-refractivity contribution < 1.29 is 4.39 Å². The molecule has 0 aliphatic heterocycles. The second kappa shape index (κ2) is 7.60. The first-order valence-corrected chi connectivity index (χ1v) is 8.56. The van der Waals surface area contributed by atoms with Gasteiger partial charge in [-0.3, -0.25) is 0 Å². The highest BCUT2D eigenvalue weighted by Gasteiger charge is 2.31. The third kappa shape index (κ3) is 4.43. The lowest BCUT2D eigenvalue weighted by molar-refractivity contribution is 0.168. The summed E-state index contributed by atoms with van der Waals surface area (Å²) in [6, 6.07) is 5.59. The molecule has 3 unspecified atom stereocenters. The predicted molar refractivity (Wildman–Crippen MR) is 88.2 cm³/mol. The van der Waals surface area contributed by atoms with E-state index in [9.17, 15) is 4.39 Å². The van der Waals surface area contributed by atoms with E-state index in [0.29, 0.717) is 22.9 Å². The van der Waals surface area contributed by atoms with Crippen LogP contribution in [0.5, 0.6) is 0 Å². The number of hydrogen-bond donors (Lipinski definition) is 1. The lowest BCUT2D eigenvalue weighted by atomic mass is 9.71. The Morgan fingerprint density at radius 1 is 1.33 bits per heavy atom. The van der Waals surface area contributed by atoms with Crippen molar-refractivity contribution in [1.29, 1.82) is 0 Å². The van der Waals surface area contributed by atoms with Gasteiger partial charge in [-0.1, -0.05) is 38.4 Å². The summed E-state index contributed by atoms with van der Waals surface area (Å²) in [6.07, 6.45) is 4.49. The Hall–Kier alpha value is -0.600. The monoisotopic (exact) mass is 311 g/mol. The van der Waals surface area contributed by atoms with E-state index < -0.39 is 0 Å². The molecular weight excluding hydrogens is 285 g/mol. The Kier molecular flexibility index (Phi) is 6.07. The summed E-state index contributed by atoms with van der Waals surface area (Å²) in [7, 11) is 0. The van der Waals surface area contributed by atoms with Crippen molar-refractivity contribution in [1.82, 2.24) is 5.32 Å². The molecule has 0 radical (unpaired) electrons. The number of hydrogen-bond acceptors (Lipinski definition) is 1. The summed E-state index contributed by atoms with van der Waals surface area (Å²) >= 11 is 5.85. The molecule has 0 bridgehead atoms. The normalized spacial score (nSPS) is 26.3. The van der Waals surface area contributed by atoms with Gasteiger partial charge in [-0.2, -0.15) is 0 Å². The van der Waals surface area contributed by atoms with E-state index in [0.717, 1.165) is 24.4 Å². The van der Waals surface area contributed by atoms with Crippen molar-refractivity contribution in [2.45, 2.75) is 52.5 Å². The van der Waals surface area contributed by atoms with Crippen molar-refractivity contribution >= 4 is 11.6 Å². The van der Waals surface area contributed by atoms with Crippen molar-refractivity contribution in [3.05, 3.63) is 34.6 Å². The molecule has 0 amide bonds. The molecule has 0 spiro atoms. The van der Waals surface area contributed by atoms with E-state index in [4.69, 9.17) is 11.6 Å². The first-order valence-electron chi connectivity index (χ1n) is 8.18. The highest BCUT2D eigenvalue weighted by molar-refractivity contribution is 6.30. The summed E-state index contributed by atoms with van der Waals surface area (Å²) < 4.78 is 14.1. The molecule has 1 N–H and O–H groups in total. The maximum atomic E-state index is 14.1. The summed E-state index contributed by atoms with van der Waals surface area (Å²) in [6.45, 7) is 7.74. The van der Waals surface area contributed by atoms with Gasteiger partial charge in [0.1, 0.15) is 5.82 Å². The Morgan fingerprint density at radius 2 is 2.10 bits per heavy atom. The van der Waals surface area contributed by atoms with E-state index in [-0.39, 0.29) is 5.82 Å². The van der Waals surface area contributed by atoms with Crippen LogP contribution in [0.25, 0.3) is 0 Å². The molecule has 1 fully saturated rings. The quantitative estimate of drug-likeness (QED) is 0.800. The molecule has 21 heavy (non-hydrogen) atoms. The molecule has 1 aliphatic rings. The van der Waals surface area contributed by atoms with Gasteiger partial charge in [-0.05, 0) is 67.7 Å². The zero-order chi connectivity index (χ0) is 15.4. The Labute approximate surface area is 133 Å². The van der Waals surface area contributed by atoms with E-state index >= 15 is 0 Å². The average molecular weight is 312 g/mol. The molecule has 2 rings (SSSR count). The van der Waals surface area contributed by atoms with Crippen LogP contribution in [-0.4, -0.2) is 12.6 Å². The molecule has 3 atom stereocenters. The molecule has 1 aromatic carbocycles. The minimum atomic E-state index is -0.163. The molecule has 1 aliphatic carbocycles. The lowest BCUT2D eigenvalue weighted by Crippen LogP contribution is -2.42. The second-order valence-corrected chi connectivity index (χ2v) is 7.12. The predicted octanol–water partition coefficient (Wildman–Crippen LogP) is 5.07. The van der Waals surface area contributed by atoms with Gasteiger partial charge in [0.05, 0.1) is 0 Å². The van der Waals surface area contributed by atoms with E-state index in [2.05, 4.69) is 26.1 Å². The van der Waals surface area contributed by atoms with E-state index in [1.165, 1.54) is 25.3 Å². The van der Waals surface area contributed by atoms with Crippen LogP contribution in [0.4, 0.5) is 4.39 Å². The van der Waals surface area contributed by atoms with Gasteiger partial charge in [0, 0.05) is 11.1 Å². The highest BCUT2D eigenvalue weighted by atomic mass is 35.5. The minimum Gasteiger partial charge on any atom is -0.314 e. The Bertz CT molecular complexity index is 461. The average Bonchev–Trinajstić information content (AvgIpc) is 2.43. The fraction of sp³-hybridized carbons (Fsp3) is 0.667. The van der Waals surface area contributed by atoms with Crippen LogP contribution in [0.1, 0.15) is 45.6 Å². The van der Waals surface area contributed by atoms with Gasteiger partial charge in [-0.25, -0.2) is 4.39 Å². The third-order valence-corrected chi connectivity index (χ3v) is 5.16. The van der Waals surface area contributed by atoms with Crippen LogP contribution < -0.4 is 5.32 Å². The molecule has 3 heteroatoms. The second-order valence-electron chi connectivity index (χ2n) is 6.68. The first-order chi connectivity index (χ1) is 10.0. The van der Waals surface area contributed by atoms with Crippen LogP contribution in [0.2, 0.25) is 5.02 Å². The molecule has 0 saturated heterocycles. The molecule has 118 valence electrons. The third-order valence-electron chi connectivity index (χ3n) is 4.93. The summed E-state index contributed by atoms with van der Waals surface area (Å²) in [5.41, 5.74) is 0.803. The summed E-state index contributed by atoms with van der Waals surface area (Å²) in [5, 5.41) is 4.07. The van der Waals surface area contributed by atoms with Crippen molar-refractivity contribution in [2.75, 3.05) is 6.54 Å². The number of benzene rings is 1. The first kappa shape index (κ1) is 16.8. The number of nitrogens with one attached hydrogen (secondary N) is 1. The molecule has 0 aromatic heterocycles. The molecular formula is C18H27ClFN. The largest absolute Gasteiger partial charge is 0.314 e. The maximum Gasteiger partial charge on any atom is 0.127 e. The molecule has 0 heterocycles. The minimum absolute atomic E-state index is 0.163. The van der Waals surface area contributed by atoms with Crippen molar-refractivity contribution in [3.63, 3.8) is 0 Å². The SMILES string of the molecule is CCNC1CCC(C(C)C)CC1Cc1ccc(Cl)cc1F. The van der Waals surface area contributed by atoms with Crippen LogP contribution in [0, 0.1) is 23.6 Å². The maximum absolute atomic E-state index is 14.1. The van der Waals surface area contributed by atoms with Crippen LogP contribution in [0.15, 0.2) is 18.2 Å². The highest BCUT2D eigenvalue weighted by Crippen LogP contribution is 2.36. The van der Waals surface area contributed by atoms with Gasteiger partial charge in [-0.15, -0.1) is 0 Å². The van der Waals surface area contributed by atoms with Crippen molar-refractivity contribution in [3.8, 4) is 0 Å². The molecule has 1 nitrogen and oxygen atoms in total. The van der Waals surface area contributed by atoms with Crippen molar-refractivity contribution in [2.24, 2.45) is 17.8 Å².